The number of rotatable bonds is 5. The summed E-state index contributed by atoms with van der Waals surface area (Å²) in [5, 5.41) is 3.67. The van der Waals surface area contributed by atoms with Crippen molar-refractivity contribution in [1.82, 2.24) is 10.2 Å². The maximum absolute atomic E-state index is 11.5. The molecule has 0 aromatic heterocycles. The summed E-state index contributed by atoms with van der Waals surface area (Å²) in [6.45, 7) is 8.51. The molecule has 0 spiro atoms. The second kappa shape index (κ2) is 5.70. The highest BCUT2D eigenvalue weighted by Crippen LogP contribution is 2.35. The molecule has 0 aromatic carbocycles. The molecule has 3 atom stereocenters. The summed E-state index contributed by atoms with van der Waals surface area (Å²) in [6, 6.07) is 1.13. The van der Waals surface area contributed by atoms with E-state index in [0.29, 0.717) is 18.0 Å². The smallest absolute Gasteiger partial charge is 0.148 e. The minimum Gasteiger partial charge on any atom is -0.311 e. The molecule has 3 unspecified atom stereocenters. The van der Waals surface area contributed by atoms with Crippen molar-refractivity contribution in [2.75, 3.05) is 25.1 Å². The van der Waals surface area contributed by atoms with Crippen molar-refractivity contribution < 1.29 is 8.42 Å². The Hall–Kier alpha value is -0.130. The van der Waals surface area contributed by atoms with Gasteiger partial charge in [-0.1, -0.05) is 13.8 Å². The third-order valence-corrected chi connectivity index (χ3v) is 5.58. The van der Waals surface area contributed by atoms with Gasteiger partial charge in [-0.3, -0.25) is 4.90 Å². The summed E-state index contributed by atoms with van der Waals surface area (Å²) in [5.74, 6) is 1.64. The fraction of sp³-hybridized carbons (Fsp3) is 1.00. The van der Waals surface area contributed by atoms with Crippen LogP contribution < -0.4 is 5.32 Å². The first-order valence-corrected chi connectivity index (χ1v) is 9.51. The third-order valence-electron chi connectivity index (χ3n) is 4.49. The molecule has 1 heterocycles. The zero-order valence-electron chi connectivity index (χ0n) is 12.6. The van der Waals surface area contributed by atoms with Gasteiger partial charge in [-0.25, -0.2) is 8.42 Å². The van der Waals surface area contributed by atoms with Crippen molar-refractivity contribution in [3.8, 4) is 0 Å². The molecule has 0 bridgehead atoms. The minimum atomic E-state index is -2.91. The second-order valence-corrected chi connectivity index (χ2v) is 8.99. The Morgan fingerprint density at radius 2 is 1.89 bits per heavy atom. The molecule has 4 nitrogen and oxygen atoms in total. The topological polar surface area (TPSA) is 49.4 Å². The fourth-order valence-corrected chi connectivity index (χ4v) is 4.36. The average molecular weight is 288 g/mol. The van der Waals surface area contributed by atoms with E-state index in [1.807, 2.05) is 0 Å². The summed E-state index contributed by atoms with van der Waals surface area (Å²) in [6.07, 6.45) is 4.01. The molecule has 1 aliphatic carbocycles. The van der Waals surface area contributed by atoms with Gasteiger partial charge in [0.1, 0.15) is 9.84 Å². The van der Waals surface area contributed by atoms with E-state index in [9.17, 15) is 8.42 Å². The molecule has 0 amide bonds. The summed E-state index contributed by atoms with van der Waals surface area (Å²) < 4.78 is 23.1. The molecule has 1 saturated heterocycles. The van der Waals surface area contributed by atoms with Gasteiger partial charge in [0.2, 0.25) is 0 Å². The molecule has 0 radical (unpaired) electrons. The number of nitrogens with zero attached hydrogens (tertiary/aromatic N) is 1. The molecule has 2 aliphatic rings. The van der Waals surface area contributed by atoms with E-state index >= 15 is 0 Å². The summed E-state index contributed by atoms with van der Waals surface area (Å²) in [4.78, 5) is 2.44. The van der Waals surface area contributed by atoms with Crippen molar-refractivity contribution in [3.05, 3.63) is 0 Å². The number of sulfone groups is 1. The molecule has 5 heteroatoms. The quantitative estimate of drug-likeness (QED) is 0.824. The van der Waals surface area contributed by atoms with Gasteiger partial charge in [0.05, 0.1) is 5.75 Å². The van der Waals surface area contributed by atoms with Gasteiger partial charge < -0.3 is 5.32 Å². The predicted molar refractivity (Wildman–Crippen MR) is 79.0 cm³/mol. The van der Waals surface area contributed by atoms with E-state index in [1.165, 1.54) is 19.1 Å². The Balaban J connectivity index is 2.05. The number of hydrogen-bond donors (Lipinski definition) is 1. The van der Waals surface area contributed by atoms with Gasteiger partial charge >= 0.3 is 0 Å². The van der Waals surface area contributed by atoms with Crippen LogP contribution in [0.3, 0.4) is 0 Å². The lowest BCUT2D eigenvalue weighted by Crippen LogP contribution is -2.62. The van der Waals surface area contributed by atoms with Crippen molar-refractivity contribution in [2.45, 2.75) is 51.7 Å². The first-order valence-electron chi connectivity index (χ1n) is 7.45. The van der Waals surface area contributed by atoms with Gasteiger partial charge in [0, 0.05) is 37.5 Å². The maximum atomic E-state index is 11.5. The fourth-order valence-electron chi connectivity index (χ4n) is 3.29. The number of nitrogens with one attached hydrogen (secondary N) is 1. The van der Waals surface area contributed by atoms with Crippen LogP contribution in [-0.2, 0) is 9.84 Å². The van der Waals surface area contributed by atoms with Crippen molar-refractivity contribution in [3.63, 3.8) is 0 Å². The van der Waals surface area contributed by atoms with E-state index in [4.69, 9.17) is 0 Å². The van der Waals surface area contributed by atoms with Crippen LogP contribution in [0, 0.1) is 11.8 Å². The van der Waals surface area contributed by atoms with Crippen LogP contribution in [0.5, 0.6) is 0 Å². The summed E-state index contributed by atoms with van der Waals surface area (Å²) in [5.41, 5.74) is 0. The van der Waals surface area contributed by atoms with E-state index in [-0.39, 0.29) is 11.8 Å². The first-order chi connectivity index (χ1) is 8.78. The Bertz CT molecular complexity index is 404. The first kappa shape index (κ1) is 15.3. The summed E-state index contributed by atoms with van der Waals surface area (Å²) >= 11 is 0. The molecule has 1 saturated carbocycles. The molecule has 0 aromatic rings. The van der Waals surface area contributed by atoms with Gasteiger partial charge in [0.15, 0.2) is 0 Å². The van der Waals surface area contributed by atoms with Gasteiger partial charge in [-0.2, -0.15) is 0 Å². The lowest BCUT2D eigenvalue weighted by Gasteiger charge is -2.45. The van der Waals surface area contributed by atoms with E-state index in [2.05, 4.69) is 31.0 Å². The van der Waals surface area contributed by atoms with Gasteiger partial charge in [-0.05, 0) is 31.6 Å². The molecule has 2 rings (SSSR count). The van der Waals surface area contributed by atoms with Crippen molar-refractivity contribution >= 4 is 9.84 Å². The molecular formula is C14H28N2O2S. The third kappa shape index (κ3) is 4.17. The van der Waals surface area contributed by atoms with E-state index in [0.717, 1.165) is 19.0 Å². The zero-order chi connectivity index (χ0) is 14.2. The Labute approximate surface area is 117 Å². The van der Waals surface area contributed by atoms with Crippen molar-refractivity contribution in [1.29, 1.82) is 0 Å². The van der Waals surface area contributed by atoms with Crippen LogP contribution in [-0.4, -0.2) is 56.5 Å². The highest BCUT2D eigenvalue weighted by atomic mass is 32.2. The standard InChI is InChI=1S/C14H28N2O2S/c1-10(2)14-7-15-13(12-5-6-12)8-16(14)11(3)9-19(4,17)18/h10-15H,5-9H2,1-4H3. The normalized spacial score (nSPS) is 31.6. The van der Waals surface area contributed by atoms with Crippen LogP contribution in [0.2, 0.25) is 0 Å². The van der Waals surface area contributed by atoms with Gasteiger partial charge in [0.25, 0.3) is 0 Å². The molecule has 1 aliphatic heterocycles. The largest absolute Gasteiger partial charge is 0.311 e. The van der Waals surface area contributed by atoms with Crippen LogP contribution >= 0.6 is 0 Å². The molecular weight excluding hydrogens is 260 g/mol. The van der Waals surface area contributed by atoms with E-state index < -0.39 is 9.84 Å². The van der Waals surface area contributed by atoms with E-state index in [1.54, 1.807) is 0 Å². The molecule has 2 fully saturated rings. The van der Waals surface area contributed by atoms with Gasteiger partial charge in [-0.15, -0.1) is 0 Å². The molecule has 1 N–H and O–H groups in total. The Kier molecular flexibility index (Phi) is 4.58. The SMILES string of the molecule is CC(C)C1CNC(C2CC2)CN1C(C)CS(C)(=O)=O. The van der Waals surface area contributed by atoms with Crippen LogP contribution in [0.1, 0.15) is 33.6 Å². The highest BCUT2D eigenvalue weighted by molar-refractivity contribution is 7.90. The monoisotopic (exact) mass is 288 g/mol. The van der Waals surface area contributed by atoms with Crippen LogP contribution in [0.15, 0.2) is 0 Å². The highest BCUT2D eigenvalue weighted by Gasteiger charge is 2.39. The minimum absolute atomic E-state index is 0.116. The summed E-state index contributed by atoms with van der Waals surface area (Å²) in [7, 11) is -2.91. The average Bonchev–Trinajstić information content (AvgIpc) is 3.09. The molecule has 19 heavy (non-hydrogen) atoms. The lowest BCUT2D eigenvalue weighted by atomic mass is 9.95. The number of hydrogen-bond acceptors (Lipinski definition) is 4. The predicted octanol–water partition coefficient (Wildman–Crippen LogP) is 1.13. The van der Waals surface area contributed by atoms with Crippen LogP contribution in [0.4, 0.5) is 0 Å². The Morgan fingerprint density at radius 1 is 1.26 bits per heavy atom. The second-order valence-electron chi connectivity index (χ2n) is 6.80. The maximum Gasteiger partial charge on any atom is 0.148 e. The Morgan fingerprint density at radius 3 is 2.37 bits per heavy atom. The van der Waals surface area contributed by atoms with Crippen LogP contribution in [0.25, 0.3) is 0 Å². The number of piperazine rings is 1. The molecule has 112 valence electrons. The van der Waals surface area contributed by atoms with Crippen molar-refractivity contribution in [2.24, 2.45) is 11.8 Å². The lowest BCUT2D eigenvalue weighted by molar-refractivity contribution is 0.0652. The zero-order valence-corrected chi connectivity index (χ0v) is 13.4.